The molecule has 0 spiro atoms. The van der Waals surface area contributed by atoms with Gasteiger partial charge in [0.1, 0.15) is 0 Å². The van der Waals surface area contributed by atoms with Crippen LogP contribution in [0.2, 0.25) is 0 Å². The van der Waals surface area contributed by atoms with Gasteiger partial charge in [0.25, 0.3) is 0 Å². The molecule has 23 rings (SSSR count). The zero-order chi connectivity index (χ0) is 72.2. The molecule has 0 N–H and O–H groups in total. The number of hydrogen-bond donors (Lipinski definition) is 0. The van der Waals surface area contributed by atoms with E-state index in [1.807, 2.05) is 42.5 Å². The predicted molar refractivity (Wildman–Crippen MR) is 452 cm³/mol. The summed E-state index contributed by atoms with van der Waals surface area (Å²) < 4.78 is 14.5. The van der Waals surface area contributed by atoms with Crippen LogP contribution in [0.15, 0.2) is 364 Å². The third-order valence-electron chi connectivity index (χ3n) is 22.7. The second kappa shape index (κ2) is 23.9. The van der Waals surface area contributed by atoms with E-state index in [2.05, 4.69) is 355 Å². The Morgan fingerprint density at radius 3 is 0.773 bits per heavy atom. The lowest BCUT2D eigenvalue weighted by atomic mass is 9.96. The van der Waals surface area contributed by atoms with Gasteiger partial charge in [-0.15, -0.1) is 0 Å². The van der Waals surface area contributed by atoms with Crippen molar-refractivity contribution in [2.75, 3.05) is 0 Å². The quantitative estimate of drug-likeness (QED) is 0.136. The van der Waals surface area contributed by atoms with Crippen molar-refractivity contribution in [1.29, 1.82) is 5.26 Å². The Labute approximate surface area is 629 Å². The molecule has 0 atom stereocenters. The third-order valence-corrected chi connectivity index (χ3v) is 22.7. The molecule has 0 saturated heterocycles. The summed E-state index contributed by atoms with van der Waals surface area (Å²) in [6.45, 7) is 0. The van der Waals surface area contributed by atoms with Crippen LogP contribution < -0.4 is 0 Å². The van der Waals surface area contributed by atoms with Gasteiger partial charge in [0.05, 0.1) is 89.2 Å². The highest BCUT2D eigenvalue weighted by atomic mass is 15.1. The molecular weight excluding hydrogens is 1340 g/mol. The van der Waals surface area contributed by atoms with Crippen LogP contribution in [0.1, 0.15) is 5.56 Å². The van der Waals surface area contributed by atoms with Crippen LogP contribution in [-0.2, 0) is 0 Å². The van der Waals surface area contributed by atoms with Gasteiger partial charge in [-0.05, 0) is 152 Å². The van der Waals surface area contributed by atoms with E-state index < -0.39 is 0 Å². The third kappa shape index (κ3) is 9.13. The van der Waals surface area contributed by atoms with Gasteiger partial charge in [0.15, 0.2) is 17.5 Å². The molecule has 7 aromatic heterocycles. The highest BCUT2D eigenvalue weighted by molar-refractivity contribution is 6.17. The van der Waals surface area contributed by atoms with E-state index in [1.165, 1.54) is 43.1 Å². The molecule has 10 heteroatoms. The second-order valence-electron chi connectivity index (χ2n) is 28.6. The molecule has 510 valence electrons. The average Bonchev–Trinajstić information content (AvgIpc) is 1.56. The summed E-state index contributed by atoms with van der Waals surface area (Å²) in [5.41, 5.74) is 23.7. The number of hydrogen-bond acceptors (Lipinski definition) is 4. The Morgan fingerprint density at radius 1 is 0.191 bits per heavy atom. The monoisotopic (exact) mass is 1400 g/mol. The summed E-state index contributed by atoms with van der Waals surface area (Å²) in [5, 5.41) is 25.2. The molecule has 10 nitrogen and oxygen atoms in total. The number of aromatic nitrogens is 9. The van der Waals surface area contributed by atoms with Crippen molar-refractivity contribution in [2.45, 2.75) is 0 Å². The van der Waals surface area contributed by atoms with Crippen molar-refractivity contribution in [3.63, 3.8) is 0 Å². The fraction of sp³-hybridized carbons (Fsp3) is 0. The van der Waals surface area contributed by atoms with Crippen molar-refractivity contribution in [3.8, 4) is 85.5 Å². The first-order valence-electron chi connectivity index (χ1n) is 37.2. The zero-order valence-corrected chi connectivity index (χ0v) is 59.1. The Hall–Kier alpha value is -15.2. The van der Waals surface area contributed by atoms with Gasteiger partial charge < -0.3 is 27.4 Å². The maximum Gasteiger partial charge on any atom is 0.164 e. The molecule has 110 heavy (non-hydrogen) atoms. The highest BCUT2D eigenvalue weighted by Gasteiger charge is 2.27. The van der Waals surface area contributed by atoms with Crippen LogP contribution in [0.5, 0.6) is 0 Å². The number of nitriles is 1. The van der Waals surface area contributed by atoms with Crippen molar-refractivity contribution in [2.24, 2.45) is 0 Å². The summed E-state index contributed by atoms with van der Waals surface area (Å²) in [4.78, 5) is 16.0. The van der Waals surface area contributed by atoms with Gasteiger partial charge in [-0.1, -0.05) is 212 Å². The normalized spacial score (nSPS) is 12.0. The average molecular weight is 1400 g/mol. The lowest BCUT2D eigenvalue weighted by Crippen LogP contribution is -2.04. The van der Waals surface area contributed by atoms with Crippen molar-refractivity contribution < 1.29 is 0 Å². The fourth-order valence-corrected chi connectivity index (χ4v) is 17.9. The summed E-state index contributed by atoms with van der Waals surface area (Å²) in [7, 11) is 0. The van der Waals surface area contributed by atoms with Crippen LogP contribution in [0, 0.1) is 11.3 Å². The van der Waals surface area contributed by atoms with E-state index in [1.54, 1.807) is 0 Å². The summed E-state index contributed by atoms with van der Waals surface area (Å²) in [6.07, 6.45) is 0. The Bertz CT molecular complexity index is 7250. The molecule has 0 aliphatic heterocycles. The molecule has 16 aromatic carbocycles. The largest absolute Gasteiger partial charge is 0.309 e. The van der Waals surface area contributed by atoms with E-state index in [0.29, 0.717) is 23.0 Å². The fourth-order valence-electron chi connectivity index (χ4n) is 17.9. The van der Waals surface area contributed by atoms with Crippen LogP contribution in [0.4, 0.5) is 0 Å². The SMILES string of the molecule is N#Cc1ccc(-c2cc(-c3nc(-c4ccccc4)nc(-c4ccccc4)n3)ccc2-n2c3ccc(-n4c5ccccc5c5ccccc54)cc3c3cc(-n4c5ccccc5c5ccccc54)ccc32)c(-n2c3ccc(-n4c5ccccc5c5ccccc54)cc3c3cc(-n4c5ccccc5c5ccccc54)ccc32)c1. The van der Waals surface area contributed by atoms with Crippen LogP contribution in [0.3, 0.4) is 0 Å². The molecule has 0 fully saturated rings. The molecule has 0 radical (unpaired) electrons. The number of para-hydroxylation sites is 8. The molecule has 0 unspecified atom stereocenters. The van der Waals surface area contributed by atoms with E-state index in [-0.39, 0.29) is 0 Å². The summed E-state index contributed by atoms with van der Waals surface area (Å²) in [6, 6.07) is 133. The van der Waals surface area contributed by atoms with Crippen molar-refractivity contribution >= 4 is 131 Å². The van der Waals surface area contributed by atoms with Gasteiger partial charge in [-0.2, -0.15) is 5.26 Å². The Balaban J connectivity index is 0.825. The number of nitrogens with zero attached hydrogens (tertiary/aromatic N) is 10. The lowest BCUT2D eigenvalue weighted by molar-refractivity contribution is 1.07. The van der Waals surface area contributed by atoms with E-state index >= 15 is 0 Å². The number of fused-ring (bicyclic) bond motifs is 18. The maximum absolute atomic E-state index is 11.4. The van der Waals surface area contributed by atoms with Crippen molar-refractivity contribution in [1.82, 2.24) is 42.4 Å². The Morgan fingerprint density at radius 2 is 0.464 bits per heavy atom. The van der Waals surface area contributed by atoms with Crippen LogP contribution >= 0.6 is 0 Å². The van der Waals surface area contributed by atoms with Crippen LogP contribution in [0.25, 0.3) is 210 Å². The minimum Gasteiger partial charge on any atom is -0.309 e. The molecule has 0 amide bonds. The first kappa shape index (κ1) is 61.2. The molecule has 0 aliphatic carbocycles. The van der Waals surface area contributed by atoms with Gasteiger partial charge in [-0.25, -0.2) is 15.0 Å². The summed E-state index contributed by atoms with van der Waals surface area (Å²) >= 11 is 0. The number of rotatable bonds is 10. The predicted octanol–water partition coefficient (Wildman–Crippen LogP) is 25.0. The molecule has 7 heterocycles. The minimum atomic E-state index is 0.515. The molecule has 23 aromatic rings. The smallest absolute Gasteiger partial charge is 0.164 e. The minimum absolute atomic E-state index is 0.515. The number of benzene rings is 16. The van der Waals surface area contributed by atoms with E-state index in [0.717, 1.165) is 150 Å². The molecular formula is C100H60N10. The molecule has 0 saturated carbocycles. The lowest BCUT2D eigenvalue weighted by Gasteiger charge is -2.20. The van der Waals surface area contributed by atoms with Gasteiger partial charge >= 0.3 is 0 Å². The first-order valence-corrected chi connectivity index (χ1v) is 37.2. The standard InChI is InChI=1S/C100H60N10/c101-61-62-43-49-78(97(55-62)110-95-53-47-68(107-88-39-19-11-31-74(88)75-32-12-20-40-89(75)107)59-82(95)83-60-69(48-54-96(83)110)108-90-41-21-13-33-76(90)77-34-14-22-42-91(77)108)79-56-65(100-103-98(63-23-3-1-4-24-63)102-99(104-100)64-25-5-2-6-26-64)44-50-92(79)109-93-51-45-66(105-84-35-15-7-27-70(84)71-28-8-16-36-85(71)105)57-80(93)81-58-67(46-52-94(81)109)106-86-37-17-9-29-72(86)73-30-10-18-38-87(73)106/h1-60H. The Kier molecular flexibility index (Phi) is 13.3. The molecule has 0 bridgehead atoms. The van der Waals surface area contributed by atoms with Crippen LogP contribution in [-0.4, -0.2) is 42.4 Å². The maximum atomic E-state index is 11.4. The van der Waals surface area contributed by atoms with E-state index in [4.69, 9.17) is 15.0 Å². The first-order chi connectivity index (χ1) is 54.5. The van der Waals surface area contributed by atoms with Crippen molar-refractivity contribution in [3.05, 3.63) is 370 Å². The van der Waals surface area contributed by atoms with Gasteiger partial charge in [0.2, 0.25) is 0 Å². The van der Waals surface area contributed by atoms with Gasteiger partial charge in [-0.3, -0.25) is 0 Å². The van der Waals surface area contributed by atoms with E-state index in [9.17, 15) is 5.26 Å². The highest BCUT2D eigenvalue weighted by Crippen LogP contribution is 2.47. The topological polar surface area (TPSA) is 92.0 Å². The zero-order valence-electron chi connectivity index (χ0n) is 59.1. The molecule has 0 aliphatic rings. The second-order valence-corrected chi connectivity index (χ2v) is 28.6. The van der Waals surface area contributed by atoms with Gasteiger partial charge in [0, 0.05) is 115 Å². The summed E-state index contributed by atoms with van der Waals surface area (Å²) in [5.74, 6) is 1.64.